The second kappa shape index (κ2) is 7.94. The molecule has 0 fully saturated rings. The number of thiophene rings is 1. The normalized spacial score (nSPS) is 10.5. The number of rotatable bonds is 4. The first-order valence-corrected chi connectivity index (χ1v) is 9.46. The van der Waals surface area contributed by atoms with E-state index in [9.17, 15) is 9.59 Å². The summed E-state index contributed by atoms with van der Waals surface area (Å²) in [5, 5.41) is 3.89. The van der Waals surface area contributed by atoms with E-state index in [0.29, 0.717) is 26.7 Å². The Morgan fingerprint density at radius 1 is 1.07 bits per heavy atom. The van der Waals surface area contributed by atoms with Crippen molar-refractivity contribution < 1.29 is 14.3 Å². The summed E-state index contributed by atoms with van der Waals surface area (Å²) in [7, 11) is 1.32. The van der Waals surface area contributed by atoms with Gasteiger partial charge < -0.3 is 10.1 Å². The Balaban J connectivity index is 2.07. The van der Waals surface area contributed by atoms with Crippen molar-refractivity contribution in [1.82, 2.24) is 0 Å². The second-order valence-electron chi connectivity index (χ2n) is 6.06. The molecule has 2 aromatic carbocycles. The molecule has 0 atom stereocenters. The van der Waals surface area contributed by atoms with Gasteiger partial charge in [0, 0.05) is 21.0 Å². The summed E-state index contributed by atoms with van der Waals surface area (Å²) < 4.78 is 4.97. The number of carbonyl (C=O) groups excluding carboxylic acids is 2. The highest BCUT2D eigenvalue weighted by atomic mass is 35.5. The van der Waals surface area contributed by atoms with Crippen LogP contribution >= 0.6 is 22.9 Å². The van der Waals surface area contributed by atoms with Crippen molar-refractivity contribution in [2.24, 2.45) is 0 Å². The Morgan fingerprint density at radius 2 is 1.81 bits per heavy atom. The van der Waals surface area contributed by atoms with Crippen LogP contribution in [0.4, 0.5) is 5.00 Å². The molecule has 0 radical (unpaired) electrons. The van der Waals surface area contributed by atoms with Crippen molar-refractivity contribution >= 4 is 39.8 Å². The lowest BCUT2D eigenvalue weighted by Crippen LogP contribution is -2.14. The largest absolute Gasteiger partial charge is 0.465 e. The van der Waals surface area contributed by atoms with E-state index >= 15 is 0 Å². The van der Waals surface area contributed by atoms with Crippen molar-refractivity contribution in [3.63, 3.8) is 0 Å². The molecule has 6 heteroatoms. The Hall–Kier alpha value is -2.63. The molecule has 138 valence electrons. The van der Waals surface area contributed by atoms with Gasteiger partial charge in [-0.15, -0.1) is 11.3 Å². The zero-order valence-electron chi connectivity index (χ0n) is 15.1. The maximum atomic E-state index is 12.7. The topological polar surface area (TPSA) is 55.4 Å². The number of carbonyl (C=O) groups is 2. The molecule has 3 rings (SSSR count). The van der Waals surface area contributed by atoms with E-state index in [-0.39, 0.29) is 5.91 Å². The quantitative estimate of drug-likeness (QED) is 0.570. The minimum absolute atomic E-state index is 0.275. The van der Waals surface area contributed by atoms with Crippen LogP contribution < -0.4 is 5.32 Å². The van der Waals surface area contributed by atoms with E-state index < -0.39 is 5.97 Å². The maximum absolute atomic E-state index is 12.7. The number of aryl methyl sites for hydroxylation is 2. The first-order chi connectivity index (χ1) is 12.9. The van der Waals surface area contributed by atoms with Crippen LogP contribution in [0, 0.1) is 13.8 Å². The Labute approximate surface area is 166 Å². The van der Waals surface area contributed by atoms with Gasteiger partial charge in [-0.2, -0.15) is 0 Å². The monoisotopic (exact) mass is 399 g/mol. The molecule has 3 aromatic rings. The third kappa shape index (κ3) is 4.04. The highest BCUT2D eigenvalue weighted by Crippen LogP contribution is 2.41. The highest BCUT2D eigenvalue weighted by Gasteiger charge is 2.25. The van der Waals surface area contributed by atoms with Crippen LogP contribution in [0.25, 0.3) is 11.1 Å². The molecule has 0 aliphatic heterocycles. The summed E-state index contributed by atoms with van der Waals surface area (Å²) >= 11 is 7.45. The predicted molar refractivity (Wildman–Crippen MR) is 110 cm³/mol. The average molecular weight is 400 g/mol. The Morgan fingerprint density at radius 3 is 2.48 bits per heavy atom. The molecule has 1 heterocycles. The van der Waals surface area contributed by atoms with Crippen molar-refractivity contribution in [2.75, 3.05) is 12.4 Å². The molecule has 1 amide bonds. The van der Waals surface area contributed by atoms with E-state index in [1.807, 2.05) is 38.1 Å². The fourth-order valence-corrected chi connectivity index (χ4v) is 4.13. The average Bonchev–Trinajstić information content (AvgIpc) is 2.96. The predicted octanol–water partition coefficient (Wildman–Crippen LogP) is 5.72. The second-order valence-corrected chi connectivity index (χ2v) is 7.72. The van der Waals surface area contributed by atoms with Crippen molar-refractivity contribution in [1.29, 1.82) is 0 Å². The number of esters is 1. The van der Waals surface area contributed by atoms with Gasteiger partial charge in [-0.05, 0) is 43.7 Å². The van der Waals surface area contributed by atoms with Crippen molar-refractivity contribution in [3.05, 3.63) is 75.1 Å². The van der Waals surface area contributed by atoms with Crippen molar-refractivity contribution in [2.45, 2.75) is 13.8 Å². The van der Waals surface area contributed by atoms with E-state index in [4.69, 9.17) is 16.3 Å². The Kier molecular flexibility index (Phi) is 5.63. The molecule has 27 heavy (non-hydrogen) atoms. The molecule has 1 aromatic heterocycles. The maximum Gasteiger partial charge on any atom is 0.341 e. The van der Waals surface area contributed by atoms with Gasteiger partial charge >= 0.3 is 5.97 Å². The van der Waals surface area contributed by atoms with Gasteiger partial charge in [0.1, 0.15) is 10.6 Å². The molecule has 0 saturated heterocycles. The summed E-state index contributed by atoms with van der Waals surface area (Å²) in [6.45, 7) is 3.82. The zero-order valence-corrected chi connectivity index (χ0v) is 16.7. The number of benzene rings is 2. The lowest BCUT2D eigenvalue weighted by Gasteiger charge is -2.09. The van der Waals surface area contributed by atoms with Crippen LogP contribution in [0.5, 0.6) is 0 Å². The summed E-state index contributed by atoms with van der Waals surface area (Å²) in [5.74, 6) is -0.781. The fraction of sp³-hybridized carbons (Fsp3) is 0.143. The molecule has 0 spiro atoms. The first-order valence-electron chi connectivity index (χ1n) is 8.26. The van der Waals surface area contributed by atoms with Gasteiger partial charge in [-0.1, -0.05) is 41.4 Å². The Bertz CT molecular complexity index is 1030. The molecular formula is C21H18ClNO3S. The number of hydrogen-bond acceptors (Lipinski definition) is 4. The lowest BCUT2D eigenvalue weighted by molar-refractivity contribution is 0.0603. The molecule has 0 aliphatic rings. The lowest BCUT2D eigenvalue weighted by atomic mass is 10.0. The van der Waals surface area contributed by atoms with Crippen LogP contribution in [0.15, 0.2) is 48.5 Å². The van der Waals surface area contributed by atoms with E-state index in [1.165, 1.54) is 18.4 Å². The number of halogens is 1. The first kappa shape index (κ1) is 19.1. The number of amides is 1. The van der Waals surface area contributed by atoms with Gasteiger partial charge in [-0.3, -0.25) is 4.79 Å². The molecular weight excluding hydrogens is 382 g/mol. The van der Waals surface area contributed by atoms with Crippen LogP contribution in [-0.2, 0) is 4.74 Å². The van der Waals surface area contributed by atoms with Crippen molar-refractivity contribution in [3.8, 4) is 11.1 Å². The van der Waals surface area contributed by atoms with Crippen LogP contribution in [0.2, 0.25) is 5.02 Å². The minimum Gasteiger partial charge on any atom is -0.465 e. The van der Waals surface area contributed by atoms with Crippen LogP contribution in [-0.4, -0.2) is 19.0 Å². The SMILES string of the molecule is COC(=O)c1c(NC(=O)c2cccc(C)c2)sc(C)c1-c1cccc(Cl)c1. The number of hydrogen-bond donors (Lipinski definition) is 1. The third-order valence-corrected chi connectivity index (χ3v) is 5.35. The summed E-state index contributed by atoms with van der Waals surface area (Å²) in [4.78, 5) is 26.0. The van der Waals surface area contributed by atoms with E-state index in [0.717, 1.165) is 16.0 Å². The van der Waals surface area contributed by atoms with E-state index in [2.05, 4.69) is 5.32 Å². The third-order valence-electron chi connectivity index (χ3n) is 4.09. The fourth-order valence-electron chi connectivity index (χ4n) is 2.88. The number of ether oxygens (including phenoxy) is 1. The minimum atomic E-state index is -0.506. The van der Waals surface area contributed by atoms with E-state index in [1.54, 1.807) is 24.3 Å². The van der Waals surface area contributed by atoms with Crippen LogP contribution in [0.1, 0.15) is 31.2 Å². The molecule has 1 N–H and O–H groups in total. The molecule has 0 aliphatic carbocycles. The summed E-state index contributed by atoms with van der Waals surface area (Å²) in [6, 6.07) is 14.5. The molecule has 0 unspecified atom stereocenters. The van der Waals surface area contributed by atoms with Gasteiger partial charge in [0.25, 0.3) is 5.91 Å². The molecule has 0 bridgehead atoms. The zero-order chi connectivity index (χ0) is 19.6. The highest BCUT2D eigenvalue weighted by molar-refractivity contribution is 7.17. The summed E-state index contributed by atoms with van der Waals surface area (Å²) in [6.07, 6.45) is 0. The number of methoxy groups -OCH3 is 1. The summed E-state index contributed by atoms with van der Waals surface area (Å²) in [5.41, 5.74) is 3.36. The smallest absolute Gasteiger partial charge is 0.341 e. The van der Waals surface area contributed by atoms with Gasteiger partial charge in [0.05, 0.1) is 7.11 Å². The number of anilines is 1. The van der Waals surface area contributed by atoms with Gasteiger partial charge in [-0.25, -0.2) is 4.79 Å². The number of nitrogens with one attached hydrogen (secondary N) is 1. The van der Waals surface area contributed by atoms with Gasteiger partial charge in [0.2, 0.25) is 0 Å². The molecule has 0 saturated carbocycles. The van der Waals surface area contributed by atoms with Gasteiger partial charge in [0.15, 0.2) is 0 Å². The molecule has 4 nitrogen and oxygen atoms in total. The standard InChI is InChI=1S/C21H18ClNO3S/c1-12-6-4-8-15(10-12)19(24)23-20-18(21(25)26-3)17(13(2)27-20)14-7-5-9-16(22)11-14/h4-11H,1-3H3,(H,23,24). The van der Waals surface area contributed by atoms with Crippen LogP contribution in [0.3, 0.4) is 0 Å².